The number of aromatic nitrogens is 1. The number of fused-ring (bicyclic) bond motifs is 1. The first-order chi connectivity index (χ1) is 15.0. The largest absolute Gasteiger partial charge is 0.362 e. The summed E-state index contributed by atoms with van der Waals surface area (Å²) in [5.41, 5.74) is 4.39. The van der Waals surface area contributed by atoms with Crippen molar-refractivity contribution in [3.8, 4) is 0 Å². The highest BCUT2D eigenvalue weighted by atomic mass is 35.5. The van der Waals surface area contributed by atoms with Crippen LogP contribution in [0.2, 0.25) is 5.02 Å². The smallest absolute Gasteiger partial charge is 0.256 e. The zero-order valence-corrected chi connectivity index (χ0v) is 18.4. The van der Waals surface area contributed by atoms with Crippen molar-refractivity contribution in [2.24, 2.45) is 0 Å². The first kappa shape index (κ1) is 20.0. The highest BCUT2D eigenvalue weighted by Gasteiger charge is 2.39. The number of benzene rings is 2. The van der Waals surface area contributed by atoms with Gasteiger partial charge in [-0.15, -0.1) is 0 Å². The number of para-hydroxylation sites is 1. The number of amides is 1. The molecule has 3 aromatic rings. The molecule has 0 fully saturated rings. The van der Waals surface area contributed by atoms with Gasteiger partial charge < -0.3 is 5.32 Å². The molecule has 2 heterocycles. The van der Waals surface area contributed by atoms with Crippen molar-refractivity contribution in [1.82, 2.24) is 10.3 Å². The number of thiazole rings is 1. The zero-order valence-electron chi connectivity index (χ0n) is 16.9. The van der Waals surface area contributed by atoms with Crippen LogP contribution in [-0.4, -0.2) is 16.7 Å². The molecule has 7 heteroatoms. The standard InChI is InChI=1S/C24H20ClN3O2S/c1-13-20(23(30)28-24-27-16-9-4-5-12-19(16)31-24)21(14-7-2-3-8-15(14)25)22-17(26-13)10-6-11-18(22)29/h2-5,7-9,12,21,26H,6,10-11H2,1H3,(H,27,28,30)/t21-/m1/s1. The molecule has 0 radical (unpaired) electrons. The maximum absolute atomic E-state index is 13.5. The van der Waals surface area contributed by atoms with E-state index in [1.54, 1.807) is 6.07 Å². The van der Waals surface area contributed by atoms with Crippen LogP contribution < -0.4 is 10.6 Å². The molecule has 156 valence electrons. The van der Waals surface area contributed by atoms with Crippen molar-refractivity contribution >= 4 is 50.0 Å². The number of halogens is 1. The quantitative estimate of drug-likeness (QED) is 0.549. The molecule has 0 spiro atoms. The SMILES string of the molecule is CC1=C(C(=O)Nc2nc3ccccc3s2)[C@@H](c2ccccc2Cl)C2=C(CCCC2=O)N1. The zero-order chi connectivity index (χ0) is 21.5. The summed E-state index contributed by atoms with van der Waals surface area (Å²) < 4.78 is 1.00. The van der Waals surface area contributed by atoms with Crippen molar-refractivity contribution in [2.45, 2.75) is 32.1 Å². The molecule has 2 aromatic carbocycles. The molecule has 1 amide bonds. The van der Waals surface area contributed by atoms with Gasteiger partial charge in [0.15, 0.2) is 10.9 Å². The molecule has 0 saturated heterocycles. The molecular formula is C24H20ClN3O2S. The third-order valence-corrected chi connectivity index (χ3v) is 7.05. The second-order valence-corrected chi connectivity index (χ2v) is 9.17. The number of carbonyl (C=O) groups excluding carboxylic acids is 2. The van der Waals surface area contributed by atoms with E-state index < -0.39 is 5.92 Å². The van der Waals surface area contributed by atoms with Gasteiger partial charge in [-0.05, 0) is 43.5 Å². The fourth-order valence-electron chi connectivity index (χ4n) is 4.39. The monoisotopic (exact) mass is 449 g/mol. The predicted octanol–water partition coefficient (Wildman–Crippen LogP) is 5.56. The highest BCUT2D eigenvalue weighted by molar-refractivity contribution is 7.22. The Kier molecular flexibility index (Phi) is 5.12. The molecule has 5 rings (SSSR count). The number of anilines is 1. The van der Waals surface area contributed by atoms with Gasteiger partial charge in [0.1, 0.15) is 0 Å². The first-order valence-electron chi connectivity index (χ1n) is 10.2. The van der Waals surface area contributed by atoms with Crippen LogP contribution in [0.5, 0.6) is 0 Å². The van der Waals surface area contributed by atoms with E-state index in [1.807, 2.05) is 49.4 Å². The van der Waals surface area contributed by atoms with E-state index in [4.69, 9.17) is 11.6 Å². The Hall–Kier alpha value is -2.96. The molecule has 1 aliphatic heterocycles. The summed E-state index contributed by atoms with van der Waals surface area (Å²) in [6, 6.07) is 15.2. The number of nitrogens with zero attached hydrogens (tertiary/aromatic N) is 1. The third kappa shape index (κ3) is 3.56. The van der Waals surface area contributed by atoms with E-state index in [0.29, 0.717) is 27.7 Å². The van der Waals surface area contributed by atoms with Gasteiger partial charge in [-0.2, -0.15) is 0 Å². The summed E-state index contributed by atoms with van der Waals surface area (Å²) in [6.45, 7) is 1.87. The van der Waals surface area contributed by atoms with E-state index in [0.717, 1.165) is 40.0 Å². The molecule has 31 heavy (non-hydrogen) atoms. The van der Waals surface area contributed by atoms with Gasteiger partial charge in [0.25, 0.3) is 5.91 Å². The molecule has 1 aliphatic carbocycles. The van der Waals surface area contributed by atoms with Gasteiger partial charge in [0, 0.05) is 39.9 Å². The van der Waals surface area contributed by atoms with E-state index in [1.165, 1.54) is 11.3 Å². The number of ketones is 1. The highest BCUT2D eigenvalue weighted by Crippen LogP contribution is 2.44. The summed E-state index contributed by atoms with van der Waals surface area (Å²) >= 11 is 7.97. The Bertz CT molecular complexity index is 1260. The maximum Gasteiger partial charge on any atom is 0.256 e. The van der Waals surface area contributed by atoms with Crippen LogP contribution in [0.3, 0.4) is 0 Å². The number of rotatable bonds is 3. The van der Waals surface area contributed by atoms with E-state index in [9.17, 15) is 9.59 Å². The molecule has 2 aliphatic rings. The van der Waals surface area contributed by atoms with Crippen LogP contribution in [-0.2, 0) is 9.59 Å². The van der Waals surface area contributed by atoms with Gasteiger partial charge >= 0.3 is 0 Å². The van der Waals surface area contributed by atoms with Gasteiger partial charge in [0.2, 0.25) is 0 Å². The number of allylic oxidation sites excluding steroid dienone is 3. The number of nitrogens with one attached hydrogen (secondary N) is 2. The Morgan fingerprint density at radius 2 is 1.94 bits per heavy atom. The molecule has 1 atom stereocenters. The van der Waals surface area contributed by atoms with Crippen LogP contribution in [0.15, 0.2) is 71.1 Å². The number of carbonyl (C=O) groups is 2. The van der Waals surface area contributed by atoms with Gasteiger partial charge in [-0.1, -0.05) is 53.3 Å². The van der Waals surface area contributed by atoms with E-state index >= 15 is 0 Å². The summed E-state index contributed by atoms with van der Waals surface area (Å²) in [4.78, 5) is 31.0. The molecule has 0 saturated carbocycles. The second kappa shape index (κ2) is 7.94. The maximum atomic E-state index is 13.5. The van der Waals surface area contributed by atoms with Crippen molar-refractivity contribution in [3.05, 3.63) is 81.7 Å². The number of Topliss-reactive ketones (excluding diaryl/α,β-unsaturated/α-hetero) is 1. The van der Waals surface area contributed by atoms with E-state index in [-0.39, 0.29) is 11.7 Å². The summed E-state index contributed by atoms with van der Waals surface area (Å²) in [6.07, 6.45) is 2.07. The molecular weight excluding hydrogens is 430 g/mol. The van der Waals surface area contributed by atoms with Crippen molar-refractivity contribution in [2.75, 3.05) is 5.32 Å². The van der Waals surface area contributed by atoms with Crippen LogP contribution >= 0.6 is 22.9 Å². The molecule has 1 aromatic heterocycles. The minimum Gasteiger partial charge on any atom is -0.362 e. The van der Waals surface area contributed by atoms with Crippen molar-refractivity contribution < 1.29 is 9.59 Å². The van der Waals surface area contributed by atoms with Crippen molar-refractivity contribution in [3.63, 3.8) is 0 Å². The lowest BCUT2D eigenvalue weighted by Crippen LogP contribution is -2.35. The Morgan fingerprint density at radius 1 is 1.16 bits per heavy atom. The minimum atomic E-state index is -0.507. The van der Waals surface area contributed by atoms with Gasteiger partial charge in [-0.25, -0.2) is 4.98 Å². The molecule has 0 bridgehead atoms. The lowest BCUT2D eigenvalue weighted by atomic mass is 9.75. The normalized spacial score (nSPS) is 18.8. The van der Waals surface area contributed by atoms with Crippen LogP contribution in [0.25, 0.3) is 10.2 Å². The van der Waals surface area contributed by atoms with Gasteiger partial charge in [0.05, 0.1) is 10.2 Å². The van der Waals surface area contributed by atoms with Crippen LogP contribution in [0.1, 0.15) is 37.7 Å². The molecule has 5 nitrogen and oxygen atoms in total. The number of hydrogen-bond donors (Lipinski definition) is 2. The minimum absolute atomic E-state index is 0.0662. The van der Waals surface area contributed by atoms with Gasteiger partial charge in [-0.3, -0.25) is 14.9 Å². The van der Waals surface area contributed by atoms with Crippen LogP contribution in [0, 0.1) is 0 Å². The topological polar surface area (TPSA) is 71.1 Å². The predicted molar refractivity (Wildman–Crippen MR) is 124 cm³/mol. The number of dihydropyridines is 1. The Balaban J connectivity index is 1.58. The lowest BCUT2D eigenvalue weighted by molar-refractivity contribution is -0.116. The van der Waals surface area contributed by atoms with Crippen molar-refractivity contribution in [1.29, 1.82) is 0 Å². The fraction of sp³-hybridized carbons (Fsp3) is 0.208. The molecule has 0 unspecified atom stereocenters. The summed E-state index contributed by atoms with van der Waals surface area (Å²) in [5.74, 6) is -0.720. The third-order valence-electron chi connectivity index (χ3n) is 5.75. The Morgan fingerprint density at radius 3 is 2.74 bits per heavy atom. The molecule has 2 N–H and O–H groups in total. The fourth-order valence-corrected chi connectivity index (χ4v) is 5.50. The number of hydrogen-bond acceptors (Lipinski definition) is 5. The van der Waals surface area contributed by atoms with Crippen LogP contribution in [0.4, 0.5) is 5.13 Å². The van der Waals surface area contributed by atoms with E-state index in [2.05, 4.69) is 15.6 Å². The average molecular weight is 450 g/mol. The second-order valence-electron chi connectivity index (χ2n) is 7.73. The summed E-state index contributed by atoms with van der Waals surface area (Å²) in [7, 11) is 0. The lowest BCUT2D eigenvalue weighted by Gasteiger charge is -2.34. The Labute approximate surface area is 188 Å². The summed E-state index contributed by atoms with van der Waals surface area (Å²) in [5, 5.41) is 7.35. The average Bonchev–Trinajstić information content (AvgIpc) is 3.15. The first-order valence-corrected chi connectivity index (χ1v) is 11.4.